The average Bonchev–Trinajstić information content (AvgIpc) is 3.13. The first-order valence-corrected chi connectivity index (χ1v) is 11.2. The molecular formula is C29H33NO. The summed E-state index contributed by atoms with van der Waals surface area (Å²) in [6.45, 7) is 13.5. The van der Waals surface area contributed by atoms with E-state index in [1.54, 1.807) is 0 Å². The Morgan fingerprint density at radius 1 is 0.742 bits per heavy atom. The van der Waals surface area contributed by atoms with E-state index >= 15 is 0 Å². The van der Waals surface area contributed by atoms with Crippen LogP contribution >= 0.6 is 0 Å². The van der Waals surface area contributed by atoms with Gasteiger partial charge in [0, 0.05) is 17.9 Å². The minimum Gasteiger partial charge on any atom is -0.440 e. The van der Waals surface area contributed by atoms with Crippen molar-refractivity contribution in [1.29, 1.82) is 0 Å². The lowest BCUT2D eigenvalue weighted by Gasteiger charge is -2.24. The number of hydrogen-bond acceptors (Lipinski definition) is 2. The number of benzene rings is 3. The number of hydrogen-bond donors (Lipinski definition) is 0. The van der Waals surface area contributed by atoms with Crippen LogP contribution in [0.15, 0.2) is 77.2 Å². The Morgan fingerprint density at radius 2 is 1.29 bits per heavy atom. The SMILES string of the molecule is CC(C)(C)c1cc(C(C)(C)C)c2oc(CC(c3ccccc3)c3ccccc3)nc2c1. The lowest BCUT2D eigenvalue weighted by molar-refractivity contribution is 0.499. The van der Waals surface area contributed by atoms with Crippen molar-refractivity contribution in [3.63, 3.8) is 0 Å². The first kappa shape index (κ1) is 21.4. The standard InChI is InChI=1S/C29H33NO/c1-28(2,3)22-17-24(29(4,5)6)27-25(18-22)30-26(31-27)19-23(20-13-9-7-10-14-20)21-15-11-8-12-16-21/h7-18,23H,19H2,1-6H3. The Hall–Kier alpha value is -2.87. The van der Waals surface area contributed by atoms with E-state index in [2.05, 4.69) is 114 Å². The summed E-state index contributed by atoms with van der Waals surface area (Å²) in [6, 6.07) is 25.8. The smallest absolute Gasteiger partial charge is 0.196 e. The Morgan fingerprint density at radius 3 is 1.77 bits per heavy atom. The molecule has 0 spiro atoms. The van der Waals surface area contributed by atoms with Gasteiger partial charge in [0.05, 0.1) is 0 Å². The number of nitrogens with zero attached hydrogens (tertiary/aromatic N) is 1. The summed E-state index contributed by atoms with van der Waals surface area (Å²) in [4.78, 5) is 4.99. The van der Waals surface area contributed by atoms with Crippen molar-refractivity contribution in [2.24, 2.45) is 0 Å². The van der Waals surface area contributed by atoms with Crippen molar-refractivity contribution >= 4 is 11.1 Å². The number of rotatable bonds is 4. The molecule has 0 atom stereocenters. The fourth-order valence-corrected chi connectivity index (χ4v) is 4.13. The van der Waals surface area contributed by atoms with Crippen LogP contribution in [0, 0.1) is 0 Å². The quantitative estimate of drug-likeness (QED) is 0.342. The monoisotopic (exact) mass is 411 g/mol. The van der Waals surface area contributed by atoms with Crippen LogP contribution in [0.3, 0.4) is 0 Å². The molecule has 31 heavy (non-hydrogen) atoms. The summed E-state index contributed by atoms with van der Waals surface area (Å²) in [7, 11) is 0. The molecule has 1 aromatic heterocycles. The van der Waals surface area contributed by atoms with Gasteiger partial charge >= 0.3 is 0 Å². The van der Waals surface area contributed by atoms with Gasteiger partial charge in [0.2, 0.25) is 0 Å². The van der Waals surface area contributed by atoms with E-state index in [1.807, 2.05) is 0 Å². The van der Waals surface area contributed by atoms with Gasteiger partial charge in [0.25, 0.3) is 0 Å². The van der Waals surface area contributed by atoms with Crippen molar-refractivity contribution in [3.05, 3.63) is 101 Å². The molecule has 0 radical (unpaired) electrons. The van der Waals surface area contributed by atoms with Crippen LogP contribution in [0.5, 0.6) is 0 Å². The summed E-state index contributed by atoms with van der Waals surface area (Å²) < 4.78 is 6.46. The Kier molecular flexibility index (Phi) is 5.51. The highest BCUT2D eigenvalue weighted by molar-refractivity contribution is 5.79. The van der Waals surface area contributed by atoms with Gasteiger partial charge in [-0.3, -0.25) is 0 Å². The molecule has 2 heteroatoms. The van der Waals surface area contributed by atoms with Gasteiger partial charge in [-0.05, 0) is 33.6 Å². The van der Waals surface area contributed by atoms with Gasteiger partial charge in [0.15, 0.2) is 11.5 Å². The zero-order chi connectivity index (χ0) is 22.2. The maximum Gasteiger partial charge on any atom is 0.196 e. The van der Waals surface area contributed by atoms with Crippen LogP contribution in [-0.4, -0.2) is 4.98 Å². The van der Waals surface area contributed by atoms with Gasteiger partial charge in [0.1, 0.15) is 5.52 Å². The second-order valence-electron chi connectivity index (χ2n) is 10.6. The normalized spacial score (nSPS) is 12.6. The minimum absolute atomic E-state index is 0.0193. The van der Waals surface area contributed by atoms with Crippen LogP contribution < -0.4 is 0 Å². The number of aromatic nitrogens is 1. The molecule has 0 aliphatic carbocycles. The summed E-state index contributed by atoms with van der Waals surface area (Å²) in [5.41, 5.74) is 7.02. The van der Waals surface area contributed by atoms with Crippen molar-refractivity contribution in [3.8, 4) is 0 Å². The van der Waals surface area contributed by atoms with E-state index in [-0.39, 0.29) is 16.7 Å². The molecule has 160 valence electrons. The molecule has 1 heterocycles. The first-order chi connectivity index (χ1) is 14.6. The zero-order valence-corrected chi connectivity index (χ0v) is 19.6. The molecule has 0 saturated heterocycles. The molecule has 0 saturated carbocycles. The lowest BCUT2D eigenvalue weighted by Crippen LogP contribution is -2.16. The Bertz CT molecular complexity index is 1120. The maximum atomic E-state index is 6.46. The molecule has 4 rings (SSSR count). The van der Waals surface area contributed by atoms with Crippen LogP contribution in [-0.2, 0) is 17.3 Å². The van der Waals surface area contributed by atoms with Gasteiger partial charge in [-0.25, -0.2) is 4.98 Å². The predicted octanol–water partition coefficient (Wildman–Crippen LogP) is 7.80. The van der Waals surface area contributed by atoms with Gasteiger partial charge in [-0.2, -0.15) is 0 Å². The third kappa shape index (κ3) is 4.58. The topological polar surface area (TPSA) is 26.0 Å². The second-order valence-corrected chi connectivity index (χ2v) is 10.6. The molecule has 0 fully saturated rings. The van der Waals surface area contributed by atoms with Gasteiger partial charge in [-0.1, -0.05) is 108 Å². The van der Waals surface area contributed by atoms with E-state index in [0.29, 0.717) is 0 Å². The molecular weight excluding hydrogens is 378 g/mol. The fraction of sp³-hybridized carbons (Fsp3) is 0.345. The second kappa shape index (κ2) is 8.00. The Labute approximate surface area is 186 Å². The number of oxazole rings is 1. The average molecular weight is 412 g/mol. The Balaban J connectivity index is 1.82. The lowest BCUT2D eigenvalue weighted by atomic mass is 9.80. The van der Waals surface area contributed by atoms with E-state index in [0.717, 1.165) is 23.4 Å². The molecule has 3 aromatic carbocycles. The maximum absolute atomic E-state index is 6.46. The highest BCUT2D eigenvalue weighted by atomic mass is 16.3. The highest BCUT2D eigenvalue weighted by Crippen LogP contribution is 2.37. The summed E-state index contributed by atoms with van der Waals surface area (Å²) >= 11 is 0. The van der Waals surface area contributed by atoms with Gasteiger partial charge < -0.3 is 4.42 Å². The number of fused-ring (bicyclic) bond motifs is 1. The van der Waals surface area contributed by atoms with Crippen molar-refractivity contribution in [2.75, 3.05) is 0 Å². The molecule has 0 bridgehead atoms. The van der Waals surface area contributed by atoms with E-state index in [4.69, 9.17) is 9.40 Å². The first-order valence-electron chi connectivity index (χ1n) is 11.2. The van der Waals surface area contributed by atoms with Crippen LogP contribution in [0.25, 0.3) is 11.1 Å². The molecule has 4 aromatic rings. The largest absolute Gasteiger partial charge is 0.440 e. The summed E-state index contributed by atoms with van der Waals surface area (Å²) in [5.74, 6) is 1.000. The summed E-state index contributed by atoms with van der Waals surface area (Å²) in [5, 5.41) is 0. The molecule has 0 unspecified atom stereocenters. The fourth-order valence-electron chi connectivity index (χ4n) is 4.13. The van der Waals surface area contributed by atoms with Crippen LogP contribution in [0.2, 0.25) is 0 Å². The van der Waals surface area contributed by atoms with Crippen LogP contribution in [0.4, 0.5) is 0 Å². The zero-order valence-electron chi connectivity index (χ0n) is 19.6. The molecule has 0 amide bonds. The molecule has 0 N–H and O–H groups in total. The predicted molar refractivity (Wildman–Crippen MR) is 130 cm³/mol. The van der Waals surface area contributed by atoms with Crippen LogP contribution in [0.1, 0.15) is 75.6 Å². The van der Waals surface area contributed by atoms with Crippen molar-refractivity contribution < 1.29 is 4.42 Å². The van der Waals surface area contributed by atoms with Crippen molar-refractivity contribution in [1.82, 2.24) is 4.98 Å². The molecule has 2 nitrogen and oxygen atoms in total. The third-order valence-electron chi connectivity index (χ3n) is 5.99. The van der Waals surface area contributed by atoms with E-state index in [1.165, 1.54) is 22.3 Å². The highest BCUT2D eigenvalue weighted by Gasteiger charge is 2.26. The third-order valence-corrected chi connectivity index (χ3v) is 5.99. The molecule has 0 aliphatic heterocycles. The van der Waals surface area contributed by atoms with E-state index < -0.39 is 0 Å². The van der Waals surface area contributed by atoms with Gasteiger partial charge in [-0.15, -0.1) is 0 Å². The summed E-state index contributed by atoms with van der Waals surface area (Å²) in [6.07, 6.45) is 0.733. The molecule has 0 aliphatic rings. The van der Waals surface area contributed by atoms with Crippen molar-refractivity contribution in [2.45, 2.75) is 64.7 Å². The van der Waals surface area contributed by atoms with E-state index in [9.17, 15) is 0 Å². The minimum atomic E-state index is -0.0193.